The summed E-state index contributed by atoms with van der Waals surface area (Å²) < 4.78 is 5.03. The first-order chi connectivity index (χ1) is 9.85. The fourth-order valence-electron chi connectivity index (χ4n) is 2.08. The Labute approximate surface area is 126 Å². The lowest BCUT2D eigenvalue weighted by Crippen LogP contribution is -2.49. The fourth-order valence-corrected chi connectivity index (χ4v) is 2.08. The van der Waals surface area contributed by atoms with E-state index in [1.54, 1.807) is 0 Å². The Morgan fingerprint density at radius 2 is 1.86 bits per heavy atom. The molecule has 1 aliphatic heterocycles. The Morgan fingerprint density at radius 3 is 2.33 bits per heavy atom. The van der Waals surface area contributed by atoms with Gasteiger partial charge in [0, 0.05) is 6.54 Å². The first kappa shape index (κ1) is 17.9. The monoisotopic (exact) mass is 300 g/mol. The highest BCUT2D eigenvalue weighted by Gasteiger charge is 2.45. The van der Waals surface area contributed by atoms with E-state index in [-0.39, 0.29) is 18.4 Å². The van der Waals surface area contributed by atoms with Gasteiger partial charge >= 0.3 is 0 Å². The summed E-state index contributed by atoms with van der Waals surface area (Å²) in [5.74, 6) is 0.339. The molecule has 0 bridgehead atoms. The molecule has 0 aromatic heterocycles. The number of epoxide rings is 1. The third kappa shape index (κ3) is 6.44. The average Bonchev–Trinajstić information content (AvgIpc) is 3.16. The molecule has 1 aliphatic rings. The largest absolute Gasteiger partial charge is 0.394 e. The molecule has 0 unspecified atom stereocenters. The Kier molecular flexibility index (Phi) is 7.11. The molecular formula is C15H28N2O4. The van der Waals surface area contributed by atoms with Crippen molar-refractivity contribution >= 4 is 11.8 Å². The summed E-state index contributed by atoms with van der Waals surface area (Å²) in [6, 6.07) is -0.548. The zero-order chi connectivity index (χ0) is 16.0. The van der Waals surface area contributed by atoms with E-state index in [1.807, 2.05) is 13.8 Å². The molecule has 0 saturated carbocycles. The molecule has 3 N–H and O–H groups in total. The number of rotatable bonds is 9. The third-order valence-corrected chi connectivity index (χ3v) is 3.38. The maximum absolute atomic E-state index is 12.2. The van der Waals surface area contributed by atoms with Crippen molar-refractivity contribution in [1.29, 1.82) is 0 Å². The minimum atomic E-state index is -0.617. The SMILES string of the molecule is CC(C)CCNC(=O)[C@H](CC(C)C)NC(=O)[C@H]1O[C@@H]1CO. The second-order valence-corrected chi connectivity index (χ2v) is 6.44. The highest BCUT2D eigenvalue weighted by molar-refractivity contribution is 5.90. The Balaban J connectivity index is 2.46. The van der Waals surface area contributed by atoms with Crippen LogP contribution < -0.4 is 10.6 Å². The lowest BCUT2D eigenvalue weighted by molar-refractivity contribution is -0.130. The van der Waals surface area contributed by atoms with E-state index in [4.69, 9.17) is 9.84 Å². The summed E-state index contributed by atoms with van der Waals surface area (Å²) in [6.07, 6.45) is 0.448. The van der Waals surface area contributed by atoms with Crippen molar-refractivity contribution in [3.8, 4) is 0 Å². The van der Waals surface area contributed by atoms with Crippen LogP contribution in [-0.2, 0) is 14.3 Å². The van der Waals surface area contributed by atoms with Crippen molar-refractivity contribution in [2.75, 3.05) is 13.2 Å². The number of carbonyl (C=O) groups excluding carboxylic acids is 2. The predicted octanol–water partition coefficient (Wildman–Crippen LogP) is 0.439. The standard InChI is InChI=1S/C15H28N2O4/c1-9(2)5-6-16-14(19)11(7-10(3)4)17-15(20)13-12(8-18)21-13/h9-13,18H,5-8H2,1-4H3,(H,16,19)(H,17,20)/t11-,12+,13-/m0/s1. The predicted molar refractivity (Wildman–Crippen MR) is 79.6 cm³/mol. The van der Waals surface area contributed by atoms with Crippen LogP contribution in [0.1, 0.15) is 40.5 Å². The van der Waals surface area contributed by atoms with Gasteiger partial charge in [-0.15, -0.1) is 0 Å². The molecule has 0 spiro atoms. The highest BCUT2D eigenvalue weighted by atomic mass is 16.6. The number of ether oxygens (including phenoxy) is 1. The van der Waals surface area contributed by atoms with Crippen molar-refractivity contribution < 1.29 is 19.4 Å². The van der Waals surface area contributed by atoms with Gasteiger partial charge in [0.1, 0.15) is 12.1 Å². The lowest BCUT2D eigenvalue weighted by Gasteiger charge is -2.20. The number of aliphatic hydroxyl groups is 1. The number of amides is 2. The molecule has 6 heteroatoms. The molecule has 0 aromatic rings. The van der Waals surface area contributed by atoms with E-state index in [1.165, 1.54) is 0 Å². The van der Waals surface area contributed by atoms with Crippen LogP contribution in [0.15, 0.2) is 0 Å². The third-order valence-electron chi connectivity index (χ3n) is 3.38. The topological polar surface area (TPSA) is 91.0 Å². The molecule has 3 atom stereocenters. The molecule has 1 saturated heterocycles. The van der Waals surface area contributed by atoms with Gasteiger partial charge in [0.2, 0.25) is 5.91 Å². The second kappa shape index (κ2) is 8.34. The molecule has 6 nitrogen and oxygen atoms in total. The quantitative estimate of drug-likeness (QED) is 0.539. The molecule has 0 aliphatic carbocycles. The Bertz CT molecular complexity index is 358. The number of aliphatic hydroxyl groups excluding tert-OH is 1. The minimum Gasteiger partial charge on any atom is -0.394 e. The van der Waals surface area contributed by atoms with Crippen LogP contribution in [0.5, 0.6) is 0 Å². The summed E-state index contributed by atoms with van der Waals surface area (Å²) in [5.41, 5.74) is 0. The van der Waals surface area contributed by atoms with Gasteiger partial charge in [-0.3, -0.25) is 9.59 Å². The van der Waals surface area contributed by atoms with Crippen LogP contribution in [0.4, 0.5) is 0 Å². The van der Waals surface area contributed by atoms with Crippen LogP contribution in [0.2, 0.25) is 0 Å². The van der Waals surface area contributed by atoms with E-state index < -0.39 is 18.2 Å². The summed E-state index contributed by atoms with van der Waals surface area (Å²) in [6.45, 7) is 8.64. The number of carbonyl (C=O) groups is 2. The van der Waals surface area contributed by atoms with E-state index in [9.17, 15) is 9.59 Å². The van der Waals surface area contributed by atoms with E-state index in [0.717, 1.165) is 6.42 Å². The molecule has 1 heterocycles. The summed E-state index contributed by atoms with van der Waals surface area (Å²) in [5, 5.41) is 14.5. The van der Waals surface area contributed by atoms with Gasteiger partial charge < -0.3 is 20.5 Å². The van der Waals surface area contributed by atoms with Gasteiger partial charge in [0.15, 0.2) is 6.10 Å². The zero-order valence-electron chi connectivity index (χ0n) is 13.4. The normalized spacial score (nSPS) is 22.2. The van der Waals surface area contributed by atoms with Crippen molar-refractivity contribution in [2.24, 2.45) is 11.8 Å². The number of nitrogens with one attached hydrogen (secondary N) is 2. The second-order valence-electron chi connectivity index (χ2n) is 6.44. The van der Waals surface area contributed by atoms with Crippen molar-refractivity contribution in [1.82, 2.24) is 10.6 Å². The van der Waals surface area contributed by atoms with Gasteiger partial charge in [-0.25, -0.2) is 0 Å². The van der Waals surface area contributed by atoms with Crippen molar-refractivity contribution in [3.63, 3.8) is 0 Å². The fraction of sp³-hybridized carbons (Fsp3) is 0.867. The minimum absolute atomic E-state index is 0.154. The van der Waals surface area contributed by atoms with Crippen LogP contribution in [-0.4, -0.2) is 48.3 Å². The van der Waals surface area contributed by atoms with Gasteiger partial charge in [-0.2, -0.15) is 0 Å². The van der Waals surface area contributed by atoms with E-state index >= 15 is 0 Å². The van der Waals surface area contributed by atoms with E-state index in [2.05, 4.69) is 24.5 Å². The molecule has 0 aromatic carbocycles. The molecule has 1 fully saturated rings. The molecule has 0 radical (unpaired) electrons. The van der Waals surface area contributed by atoms with Crippen LogP contribution in [0, 0.1) is 11.8 Å². The van der Waals surface area contributed by atoms with Gasteiger partial charge in [0.05, 0.1) is 6.61 Å². The van der Waals surface area contributed by atoms with Crippen LogP contribution >= 0.6 is 0 Å². The van der Waals surface area contributed by atoms with Crippen molar-refractivity contribution in [3.05, 3.63) is 0 Å². The van der Waals surface area contributed by atoms with Gasteiger partial charge in [-0.1, -0.05) is 27.7 Å². The summed E-state index contributed by atoms with van der Waals surface area (Å²) >= 11 is 0. The molecule has 122 valence electrons. The zero-order valence-corrected chi connectivity index (χ0v) is 13.4. The smallest absolute Gasteiger partial charge is 0.252 e. The highest BCUT2D eigenvalue weighted by Crippen LogP contribution is 2.21. The lowest BCUT2D eigenvalue weighted by atomic mass is 10.0. The first-order valence-corrected chi connectivity index (χ1v) is 7.69. The molecule has 2 amide bonds. The van der Waals surface area contributed by atoms with E-state index in [0.29, 0.717) is 24.8 Å². The summed E-state index contributed by atoms with van der Waals surface area (Å²) in [4.78, 5) is 24.1. The average molecular weight is 300 g/mol. The molecular weight excluding hydrogens is 272 g/mol. The Hall–Kier alpha value is -1.14. The van der Waals surface area contributed by atoms with Crippen LogP contribution in [0.25, 0.3) is 0 Å². The number of hydrogen-bond acceptors (Lipinski definition) is 4. The van der Waals surface area contributed by atoms with Crippen LogP contribution in [0.3, 0.4) is 0 Å². The van der Waals surface area contributed by atoms with Gasteiger partial charge in [0.25, 0.3) is 5.91 Å². The maximum atomic E-state index is 12.2. The number of hydrogen-bond donors (Lipinski definition) is 3. The maximum Gasteiger partial charge on any atom is 0.252 e. The molecule has 21 heavy (non-hydrogen) atoms. The van der Waals surface area contributed by atoms with Crippen molar-refractivity contribution in [2.45, 2.75) is 58.8 Å². The van der Waals surface area contributed by atoms with Gasteiger partial charge in [-0.05, 0) is 24.7 Å². The Morgan fingerprint density at radius 1 is 1.19 bits per heavy atom. The first-order valence-electron chi connectivity index (χ1n) is 7.69. The molecule has 1 rings (SSSR count). The summed E-state index contributed by atoms with van der Waals surface area (Å²) in [7, 11) is 0.